The lowest BCUT2D eigenvalue weighted by molar-refractivity contribution is 1.00. The number of rotatable bonds is 3. The van der Waals surface area contributed by atoms with Crippen LogP contribution in [0.2, 0.25) is 0 Å². The first-order valence-electron chi connectivity index (χ1n) is 3.28. The number of nitrogens with one attached hydrogen (secondary N) is 2. The van der Waals surface area contributed by atoms with E-state index in [1.807, 2.05) is 12.1 Å². The number of aromatic amines is 2. The molecule has 0 aromatic carbocycles. The topological polar surface area (TPSA) is 57.4 Å². The van der Waals surface area contributed by atoms with Gasteiger partial charge in [-0.3, -0.25) is 10.2 Å². The van der Waals surface area contributed by atoms with Crippen LogP contribution in [-0.2, 0) is 0 Å². The number of nitrogens with zero attached hydrogens (tertiary/aromatic N) is 2. The summed E-state index contributed by atoms with van der Waals surface area (Å²) in [7, 11) is 3.22. The SMILES string of the molecule is c1cc(SSc2ccn[nH]2)[nH]n1. The Morgan fingerprint density at radius 1 is 0.917 bits per heavy atom. The lowest BCUT2D eigenvalue weighted by Crippen LogP contribution is -1.69. The van der Waals surface area contributed by atoms with E-state index in [0.29, 0.717) is 0 Å². The maximum absolute atomic E-state index is 3.84. The first-order chi connectivity index (χ1) is 5.95. The minimum Gasteiger partial charge on any atom is -0.271 e. The summed E-state index contributed by atoms with van der Waals surface area (Å²) < 4.78 is 0. The highest BCUT2D eigenvalue weighted by Gasteiger charge is 1.97. The van der Waals surface area contributed by atoms with E-state index >= 15 is 0 Å². The third kappa shape index (κ3) is 1.83. The Hall–Kier alpha value is -0.880. The molecule has 0 radical (unpaired) electrons. The number of hydrogen-bond acceptors (Lipinski definition) is 4. The van der Waals surface area contributed by atoms with Crippen LogP contribution >= 0.6 is 21.6 Å². The summed E-state index contributed by atoms with van der Waals surface area (Å²) in [5.74, 6) is 0. The number of aromatic nitrogens is 4. The average molecular weight is 198 g/mol. The second kappa shape index (κ2) is 3.68. The summed E-state index contributed by atoms with van der Waals surface area (Å²) in [5, 5.41) is 15.5. The van der Waals surface area contributed by atoms with E-state index in [0.717, 1.165) is 10.1 Å². The molecule has 12 heavy (non-hydrogen) atoms. The predicted octanol–water partition coefficient (Wildman–Crippen LogP) is 1.93. The van der Waals surface area contributed by atoms with Crippen LogP contribution in [0.25, 0.3) is 0 Å². The molecule has 4 nitrogen and oxygen atoms in total. The van der Waals surface area contributed by atoms with Crippen LogP contribution < -0.4 is 0 Å². The third-order valence-electron chi connectivity index (χ3n) is 1.17. The van der Waals surface area contributed by atoms with E-state index in [4.69, 9.17) is 0 Å². The number of H-pyrrole nitrogens is 2. The first kappa shape index (κ1) is 7.75. The average Bonchev–Trinajstić information content (AvgIpc) is 2.74. The smallest absolute Gasteiger partial charge is 0.102 e. The van der Waals surface area contributed by atoms with Gasteiger partial charge < -0.3 is 0 Å². The zero-order valence-electron chi connectivity index (χ0n) is 6.02. The van der Waals surface area contributed by atoms with Gasteiger partial charge in [0.2, 0.25) is 0 Å². The van der Waals surface area contributed by atoms with Crippen LogP contribution in [0.15, 0.2) is 34.6 Å². The molecule has 0 atom stereocenters. The summed E-state index contributed by atoms with van der Waals surface area (Å²) in [5.41, 5.74) is 0. The largest absolute Gasteiger partial charge is 0.271 e. The zero-order chi connectivity index (χ0) is 8.23. The molecule has 2 heterocycles. The maximum atomic E-state index is 3.84. The Balaban J connectivity index is 1.91. The van der Waals surface area contributed by atoms with E-state index in [9.17, 15) is 0 Å². The minimum atomic E-state index is 1.04. The molecular formula is C6H6N4S2. The monoisotopic (exact) mass is 198 g/mol. The van der Waals surface area contributed by atoms with Gasteiger partial charge in [-0.05, 0) is 33.7 Å². The van der Waals surface area contributed by atoms with Gasteiger partial charge in [0.15, 0.2) is 0 Å². The standard InChI is InChI=1S/C6H6N4S2/c1-3-7-9-5(1)11-12-6-2-4-8-10-6/h1-4H,(H,7,9)(H,8,10). The normalized spacial score (nSPS) is 10.3. The molecule has 2 rings (SSSR count). The van der Waals surface area contributed by atoms with Gasteiger partial charge in [-0.25, -0.2) is 0 Å². The fourth-order valence-electron chi connectivity index (χ4n) is 0.669. The third-order valence-corrected chi connectivity index (χ3v) is 3.40. The molecule has 0 aliphatic rings. The summed E-state index contributed by atoms with van der Waals surface area (Å²) >= 11 is 0. The Labute approximate surface area is 76.9 Å². The minimum absolute atomic E-state index is 1.04. The molecule has 0 saturated carbocycles. The fourth-order valence-corrected chi connectivity index (χ4v) is 2.36. The highest BCUT2D eigenvalue weighted by atomic mass is 33.1. The van der Waals surface area contributed by atoms with E-state index in [1.54, 1.807) is 34.0 Å². The van der Waals surface area contributed by atoms with Crippen molar-refractivity contribution in [3.8, 4) is 0 Å². The van der Waals surface area contributed by atoms with Crippen molar-refractivity contribution in [1.82, 2.24) is 20.4 Å². The molecule has 0 aliphatic carbocycles. The zero-order valence-corrected chi connectivity index (χ0v) is 7.65. The summed E-state index contributed by atoms with van der Waals surface area (Å²) in [6.45, 7) is 0. The highest BCUT2D eigenvalue weighted by Crippen LogP contribution is 2.34. The first-order valence-corrected chi connectivity index (χ1v) is 5.43. The molecule has 0 unspecified atom stereocenters. The van der Waals surface area contributed by atoms with E-state index < -0.39 is 0 Å². The summed E-state index contributed by atoms with van der Waals surface area (Å²) in [6, 6.07) is 3.85. The predicted molar refractivity (Wildman–Crippen MR) is 48.9 cm³/mol. The van der Waals surface area contributed by atoms with Gasteiger partial charge in [0.1, 0.15) is 10.1 Å². The van der Waals surface area contributed by atoms with E-state index in [1.165, 1.54) is 0 Å². The van der Waals surface area contributed by atoms with Crippen molar-refractivity contribution in [2.75, 3.05) is 0 Å². The van der Waals surface area contributed by atoms with Crippen molar-refractivity contribution in [1.29, 1.82) is 0 Å². The molecule has 0 amide bonds. The molecule has 0 aliphatic heterocycles. The molecule has 2 N–H and O–H groups in total. The van der Waals surface area contributed by atoms with Crippen molar-refractivity contribution < 1.29 is 0 Å². The van der Waals surface area contributed by atoms with Gasteiger partial charge in [-0.2, -0.15) is 10.2 Å². The Kier molecular flexibility index (Phi) is 2.38. The van der Waals surface area contributed by atoms with Crippen LogP contribution in [0.1, 0.15) is 0 Å². The Morgan fingerprint density at radius 3 is 1.75 bits per heavy atom. The molecule has 0 saturated heterocycles. The van der Waals surface area contributed by atoms with E-state index in [2.05, 4.69) is 20.4 Å². The van der Waals surface area contributed by atoms with Gasteiger partial charge in [-0.15, -0.1) is 0 Å². The van der Waals surface area contributed by atoms with Crippen molar-refractivity contribution in [3.05, 3.63) is 24.5 Å². The summed E-state index contributed by atoms with van der Waals surface area (Å²) in [4.78, 5) is 0. The van der Waals surface area contributed by atoms with Crippen LogP contribution in [0, 0.1) is 0 Å². The second-order valence-electron chi connectivity index (χ2n) is 2.01. The van der Waals surface area contributed by atoms with Crippen LogP contribution in [0.5, 0.6) is 0 Å². The molecule has 6 heteroatoms. The molecule has 62 valence electrons. The Morgan fingerprint density at radius 2 is 1.42 bits per heavy atom. The molecule has 2 aromatic heterocycles. The fraction of sp³-hybridized carbons (Fsp3) is 0. The Bertz CT molecular complexity index is 281. The quantitative estimate of drug-likeness (QED) is 0.740. The second-order valence-corrected chi connectivity index (χ2v) is 4.22. The van der Waals surface area contributed by atoms with Crippen molar-refractivity contribution in [2.45, 2.75) is 10.1 Å². The molecule has 2 aromatic rings. The summed E-state index contributed by atoms with van der Waals surface area (Å²) in [6.07, 6.45) is 3.46. The van der Waals surface area contributed by atoms with Gasteiger partial charge in [0.25, 0.3) is 0 Å². The maximum Gasteiger partial charge on any atom is 0.102 e. The molecule has 0 bridgehead atoms. The lowest BCUT2D eigenvalue weighted by Gasteiger charge is -1.92. The lowest BCUT2D eigenvalue weighted by atomic mass is 10.8. The highest BCUT2D eigenvalue weighted by molar-refractivity contribution is 8.76. The van der Waals surface area contributed by atoms with Crippen LogP contribution in [0.3, 0.4) is 0 Å². The van der Waals surface area contributed by atoms with Gasteiger partial charge in [0.05, 0.1) is 0 Å². The molecule has 0 spiro atoms. The van der Waals surface area contributed by atoms with Crippen LogP contribution in [-0.4, -0.2) is 20.4 Å². The van der Waals surface area contributed by atoms with Gasteiger partial charge >= 0.3 is 0 Å². The van der Waals surface area contributed by atoms with Crippen molar-refractivity contribution >= 4 is 21.6 Å². The van der Waals surface area contributed by atoms with Gasteiger partial charge in [-0.1, -0.05) is 0 Å². The molecule has 0 fully saturated rings. The van der Waals surface area contributed by atoms with Crippen LogP contribution in [0.4, 0.5) is 0 Å². The van der Waals surface area contributed by atoms with Crippen molar-refractivity contribution in [3.63, 3.8) is 0 Å². The van der Waals surface area contributed by atoms with Gasteiger partial charge in [0, 0.05) is 12.4 Å². The van der Waals surface area contributed by atoms with E-state index in [-0.39, 0.29) is 0 Å². The number of hydrogen-bond donors (Lipinski definition) is 2. The molecular weight excluding hydrogens is 192 g/mol. The van der Waals surface area contributed by atoms with Crippen molar-refractivity contribution in [2.24, 2.45) is 0 Å².